The van der Waals surface area contributed by atoms with Crippen molar-refractivity contribution in [2.45, 2.75) is 46.6 Å². The van der Waals surface area contributed by atoms with E-state index in [4.69, 9.17) is 0 Å². The summed E-state index contributed by atoms with van der Waals surface area (Å²) in [5, 5.41) is 0.618. The van der Waals surface area contributed by atoms with Crippen LogP contribution < -0.4 is 5.56 Å². The molecule has 1 aliphatic rings. The van der Waals surface area contributed by atoms with E-state index in [-0.39, 0.29) is 11.5 Å². The van der Waals surface area contributed by atoms with Crippen molar-refractivity contribution in [3.05, 3.63) is 40.4 Å². The van der Waals surface area contributed by atoms with E-state index in [0.29, 0.717) is 24.3 Å². The van der Waals surface area contributed by atoms with Gasteiger partial charge in [-0.2, -0.15) is 0 Å². The van der Waals surface area contributed by atoms with Gasteiger partial charge in [0.1, 0.15) is 0 Å². The third-order valence-electron chi connectivity index (χ3n) is 6.00. The molecule has 1 aromatic heterocycles. The smallest absolute Gasteiger partial charge is 0.261 e. The molecule has 1 amide bonds. The number of para-hydroxylation sites is 1. The lowest BCUT2D eigenvalue weighted by molar-refractivity contribution is -0.132. The Morgan fingerprint density at radius 3 is 2.61 bits per heavy atom. The molecule has 28 heavy (non-hydrogen) atoms. The summed E-state index contributed by atoms with van der Waals surface area (Å²) in [5.74, 6) is 0.817. The van der Waals surface area contributed by atoms with E-state index < -0.39 is 0 Å². The first-order valence-electron chi connectivity index (χ1n) is 10.5. The van der Waals surface area contributed by atoms with Gasteiger partial charge in [-0.05, 0) is 50.4 Å². The van der Waals surface area contributed by atoms with Crippen LogP contribution in [-0.4, -0.2) is 58.0 Å². The second kappa shape index (κ2) is 9.32. The number of nitrogens with zero attached hydrogens (tertiary/aromatic N) is 4. The average Bonchev–Trinajstić information content (AvgIpc) is 2.72. The zero-order chi connectivity index (χ0) is 20.1. The van der Waals surface area contributed by atoms with Crippen LogP contribution in [-0.2, 0) is 11.3 Å². The number of carbonyl (C=O) groups excluding carboxylic acids is 1. The zero-order valence-corrected chi connectivity index (χ0v) is 17.4. The quantitative estimate of drug-likeness (QED) is 0.736. The number of aromatic nitrogens is 2. The maximum atomic E-state index is 12.7. The van der Waals surface area contributed by atoms with Gasteiger partial charge in [0.2, 0.25) is 5.91 Å². The molecular weight excluding hydrogens is 352 g/mol. The Kier molecular flexibility index (Phi) is 6.83. The van der Waals surface area contributed by atoms with Gasteiger partial charge in [-0.25, -0.2) is 4.98 Å². The minimum Gasteiger partial charge on any atom is -0.343 e. The van der Waals surface area contributed by atoms with Crippen LogP contribution in [0.5, 0.6) is 0 Å². The van der Waals surface area contributed by atoms with Crippen molar-refractivity contribution in [1.82, 2.24) is 19.4 Å². The number of piperidine rings is 1. The molecule has 1 aliphatic heterocycles. The first-order chi connectivity index (χ1) is 13.5. The summed E-state index contributed by atoms with van der Waals surface area (Å²) < 4.78 is 1.56. The molecule has 0 spiro atoms. The number of benzene rings is 1. The molecule has 0 radical (unpaired) electrons. The van der Waals surface area contributed by atoms with Gasteiger partial charge in [0, 0.05) is 32.6 Å². The normalized spacial score (nSPS) is 15.5. The first-order valence-corrected chi connectivity index (χ1v) is 10.5. The van der Waals surface area contributed by atoms with Crippen LogP contribution in [0, 0.1) is 12.8 Å². The Hall–Kier alpha value is -2.21. The van der Waals surface area contributed by atoms with Crippen molar-refractivity contribution >= 4 is 16.8 Å². The highest BCUT2D eigenvalue weighted by Crippen LogP contribution is 2.19. The number of hydrogen-bond acceptors (Lipinski definition) is 4. The van der Waals surface area contributed by atoms with E-state index in [1.165, 1.54) is 0 Å². The molecule has 6 nitrogen and oxygen atoms in total. The average molecular weight is 385 g/mol. The lowest BCUT2D eigenvalue weighted by Gasteiger charge is -2.34. The molecule has 1 saturated heterocycles. The van der Waals surface area contributed by atoms with Crippen molar-refractivity contribution in [1.29, 1.82) is 0 Å². The lowest BCUT2D eigenvalue weighted by Crippen LogP contribution is -2.42. The van der Waals surface area contributed by atoms with E-state index in [2.05, 4.69) is 23.7 Å². The minimum absolute atomic E-state index is 0.0700. The standard InChI is InChI=1S/C22H32N4O2/c1-4-24(5-2)15-18-9-12-25(13-10-18)20(27)11-14-26-16-23-21-17(3)7-6-8-19(21)22(26)28/h6-8,16,18H,4-5,9-15H2,1-3H3. The number of rotatable bonds is 7. The Labute approximate surface area is 167 Å². The maximum Gasteiger partial charge on any atom is 0.261 e. The predicted molar refractivity (Wildman–Crippen MR) is 112 cm³/mol. The molecule has 6 heteroatoms. The third kappa shape index (κ3) is 4.61. The molecule has 0 unspecified atom stereocenters. The summed E-state index contributed by atoms with van der Waals surface area (Å²) >= 11 is 0. The monoisotopic (exact) mass is 384 g/mol. The Bertz CT molecular complexity index is 864. The van der Waals surface area contributed by atoms with Crippen molar-refractivity contribution in [3.8, 4) is 0 Å². The summed E-state index contributed by atoms with van der Waals surface area (Å²) in [6, 6.07) is 5.63. The molecule has 0 bridgehead atoms. The van der Waals surface area contributed by atoms with Crippen LogP contribution in [0.25, 0.3) is 10.9 Å². The summed E-state index contributed by atoms with van der Waals surface area (Å²) in [4.78, 5) is 34.1. The highest BCUT2D eigenvalue weighted by molar-refractivity contribution is 5.80. The van der Waals surface area contributed by atoms with E-state index >= 15 is 0 Å². The Morgan fingerprint density at radius 1 is 1.21 bits per heavy atom. The highest BCUT2D eigenvalue weighted by Gasteiger charge is 2.23. The second-order valence-electron chi connectivity index (χ2n) is 7.77. The SMILES string of the molecule is CCN(CC)CC1CCN(C(=O)CCn2cnc3c(C)cccc3c2=O)CC1. The predicted octanol–water partition coefficient (Wildman–Crippen LogP) is 2.68. The van der Waals surface area contributed by atoms with Crippen LogP contribution in [0.1, 0.15) is 38.7 Å². The molecular formula is C22H32N4O2. The Morgan fingerprint density at radius 2 is 1.93 bits per heavy atom. The van der Waals surface area contributed by atoms with Gasteiger partial charge in [0.25, 0.3) is 5.56 Å². The molecule has 152 valence electrons. The van der Waals surface area contributed by atoms with Crippen molar-refractivity contribution in [2.24, 2.45) is 5.92 Å². The summed E-state index contributed by atoms with van der Waals surface area (Å²) in [5.41, 5.74) is 1.66. The lowest BCUT2D eigenvalue weighted by atomic mass is 9.96. The fourth-order valence-corrected chi connectivity index (χ4v) is 4.08. The van der Waals surface area contributed by atoms with Crippen LogP contribution in [0.3, 0.4) is 0 Å². The van der Waals surface area contributed by atoms with Crippen LogP contribution in [0.15, 0.2) is 29.3 Å². The van der Waals surface area contributed by atoms with Crippen LogP contribution in [0.2, 0.25) is 0 Å². The molecule has 0 N–H and O–H groups in total. The van der Waals surface area contributed by atoms with Crippen LogP contribution >= 0.6 is 0 Å². The van der Waals surface area contributed by atoms with E-state index in [9.17, 15) is 9.59 Å². The van der Waals surface area contributed by atoms with Gasteiger partial charge in [-0.15, -0.1) is 0 Å². The topological polar surface area (TPSA) is 58.4 Å². The van der Waals surface area contributed by atoms with Gasteiger partial charge in [-0.1, -0.05) is 26.0 Å². The van der Waals surface area contributed by atoms with Gasteiger partial charge in [-0.3, -0.25) is 14.2 Å². The van der Waals surface area contributed by atoms with E-state index in [1.54, 1.807) is 17.0 Å². The van der Waals surface area contributed by atoms with Crippen molar-refractivity contribution in [2.75, 3.05) is 32.7 Å². The van der Waals surface area contributed by atoms with Crippen molar-refractivity contribution in [3.63, 3.8) is 0 Å². The highest BCUT2D eigenvalue weighted by atomic mass is 16.2. The Balaban J connectivity index is 1.55. The van der Waals surface area contributed by atoms with Crippen LogP contribution in [0.4, 0.5) is 0 Å². The second-order valence-corrected chi connectivity index (χ2v) is 7.77. The third-order valence-corrected chi connectivity index (χ3v) is 6.00. The van der Waals surface area contributed by atoms with E-state index in [1.807, 2.05) is 24.0 Å². The summed E-state index contributed by atoms with van der Waals surface area (Å²) in [6.07, 6.45) is 4.05. The molecule has 0 saturated carbocycles. The summed E-state index contributed by atoms with van der Waals surface area (Å²) in [7, 11) is 0. The zero-order valence-electron chi connectivity index (χ0n) is 17.4. The van der Waals surface area contributed by atoms with Gasteiger partial charge >= 0.3 is 0 Å². The number of fused-ring (bicyclic) bond motifs is 1. The number of likely N-dealkylation sites (tertiary alicyclic amines) is 1. The van der Waals surface area contributed by atoms with Gasteiger partial charge in [0.15, 0.2) is 0 Å². The molecule has 2 heterocycles. The van der Waals surface area contributed by atoms with Gasteiger partial charge in [0.05, 0.1) is 17.2 Å². The van der Waals surface area contributed by atoms with Gasteiger partial charge < -0.3 is 9.80 Å². The maximum absolute atomic E-state index is 12.7. The minimum atomic E-state index is -0.0700. The number of carbonyl (C=O) groups is 1. The molecule has 1 fully saturated rings. The number of amides is 1. The number of hydrogen-bond donors (Lipinski definition) is 0. The first kappa shape index (κ1) is 20.5. The molecule has 0 atom stereocenters. The van der Waals surface area contributed by atoms with E-state index in [0.717, 1.165) is 56.6 Å². The summed E-state index contributed by atoms with van der Waals surface area (Å²) in [6.45, 7) is 11.7. The molecule has 0 aliphatic carbocycles. The number of aryl methyl sites for hydroxylation is 2. The fourth-order valence-electron chi connectivity index (χ4n) is 4.08. The van der Waals surface area contributed by atoms with Crippen molar-refractivity contribution < 1.29 is 4.79 Å². The molecule has 1 aromatic carbocycles. The molecule has 2 aromatic rings. The molecule has 3 rings (SSSR count). The fraction of sp³-hybridized carbons (Fsp3) is 0.591. The largest absolute Gasteiger partial charge is 0.343 e.